The van der Waals surface area contributed by atoms with E-state index >= 15 is 0 Å². The zero-order valence-corrected chi connectivity index (χ0v) is 8.59. The third kappa shape index (κ3) is 3.23. The molecule has 0 saturated carbocycles. The van der Waals surface area contributed by atoms with Gasteiger partial charge in [0, 0.05) is 6.54 Å². The Morgan fingerprint density at radius 1 is 1.31 bits per heavy atom. The number of hydrogen-bond donors (Lipinski definition) is 0. The van der Waals surface area contributed by atoms with Crippen molar-refractivity contribution in [3.05, 3.63) is 36.8 Å². The summed E-state index contributed by atoms with van der Waals surface area (Å²) in [6.45, 7) is 9.02. The Morgan fingerprint density at radius 2 is 1.92 bits per heavy atom. The fourth-order valence-electron chi connectivity index (χ4n) is 1.30. The van der Waals surface area contributed by atoms with Crippen LogP contribution in [0.4, 0.5) is 0 Å². The molecule has 1 nitrogen and oxygen atoms in total. The monoisotopic (exact) mass is 174 g/mol. The third-order valence-electron chi connectivity index (χ3n) is 2.29. The molecule has 1 rings (SSSR count). The van der Waals surface area contributed by atoms with Crippen molar-refractivity contribution >= 4 is 13.3 Å². The molecule has 0 amide bonds. The van der Waals surface area contributed by atoms with Gasteiger partial charge in [-0.05, 0) is 25.6 Å². The van der Waals surface area contributed by atoms with Gasteiger partial charge in [0.05, 0.1) is 0 Å². The van der Waals surface area contributed by atoms with Crippen molar-refractivity contribution in [2.45, 2.75) is 13.5 Å². The Bertz CT molecular complexity index is 239. The van der Waals surface area contributed by atoms with Crippen LogP contribution in [-0.2, 0) is 6.54 Å². The van der Waals surface area contributed by atoms with Gasteiger partial charge in [-0.2, -0.15) is 0 Å². The highest BCUT2D eigenvalue weighted by atomic mass is 15.1. The molecule has 0 spiro atoms. The van der Waals surface area contributed by atoms with Gasteiger partial charge in [-0.15, -0.1) is 0 Å². The molecule has 0 bridgehead atoms. The van der Waals surface area contributed by atoms with Crippen molar-refractivity contribution in [3.63, 3.8) is 0 Å². The van der Waals surface area contributed by atoms with Gasteiger partial charge in [0.1, 0.15) is 7.85 Å². The molecule has 0 aromatic heterocycles. The highest BCUT2D eigenvalue weighted by Crippen LogP contribution is 2.01. The van der Waals surface area contributed by atoms with Gasteiger partial charge in [0.2, 0.25) is 0 Å². The Kier molecular flexibility index (Phi) is 4.03. The van der Waals surface area contributed by atoms with Crippen LogP contribution in [0.1, 0.15) is 12.5 Å². The van der Waals surface area contributed by atoms with Crippen LogP contribution in [0.25, 0.3) is 0 Å². The number of rotatable bonds is 4. The van der Waals surface area contributed by atoms with E-state index in [1.165, 1.54) is 11.0 Å². The minimum absolute atomic E-state index is 0.879. The molecule has 0 atom stereocenters. The molecule has 0 saturated heterocycles. The third-order valence-corrected chi connectivity index (χ3v) is 2.29. The van der Waals surface area contributed by atoms with Crippen molar-refractivity contribution in [2.75, 3.05) is 13.1 Å². The highest BCUT2D eigenvalue weighted by molar-refractivity contribution is 6.32. The maximum atomic E-state index is 3.90. The first-order chi connectivity index (χ1) is 6.26. The van der Waals surface area contributed by atoms with E-state index in [9.17, 15) is 0 Å². The summed E-state index contributed by atoms with van der Waals surface area (Å²) >= 11 is 0. The van der Waals surface area contributed by atoms with Crippen molar-refractivity contribution in [3.8, 4) is 0 Å². The second-order valence-corrected chi connectivity index (χ2v) is 3.35. The Balaban J connectivity index is 2.58. The molecule has 0 N–H and O–H groups in total. The van der Waals surface area contributed by atoms with Crippen molar-refractivity contribution < 1.29 is 0 Å². The molecule has 0 fully saturated rings. The van der Waals surface area contributed by atoms with Gasteiger partial charge in [-0.3, -0.25) is 4.90 Å². The van der Waals surface area contributed by atoms with Crippen molar-refractivity contribution in [1.29, 1.82) is 0 Å². The summed E-state index contributed by atoms with van der Waals surface area (Å²) in [6, 6.07) is 8.69. The lowest BCUT2D eigenvalue weighted by molar-refractivity contribution is 0.310. The van der Waals surface area contributed by atoms with Crippen LogP contribution < -0.4 is 5.46 Å². The molecular formula is C11H17BN. The van der Waals surface area contributed by atoms with Crippen LogP contribution in [0.15, 0.2) is 24.3 Å². The molecule has 0 heterocycles. The van der Waals surface area contributed by atoms with Crippen LogP contribution in [-0.4, -0.2) is 25.8 Å². The van der Waals surface area contributed by atoms with E-state index in [-0.39, 0.29) is 0 Å². The molecule has 1 aromatic carbocycles. The van der Waals surface area contributed by atoms with Crippen LogP contribution in [0.3, 0.4) is 0 Å². The van der Waals surface area contributed by atoms with Gasteiger partial charge in [-0.25, -0.2) is 0 Å². The van der Waals surface area contributed by atoms with Crippen molar-refractivity contribution in [2.24, 2.45) is 0 Å². The Morgan fingerprint density at radius 3 is 2.38 bits per heavy atom. The molecule has 69 valence electrons. The number of hydrogen-bond acceptors (Lipinski definition) is 1. The van der Waals surface area contributed by atoms with Crippen LogP contribution >= 0.6 is 0 Å². The maximum absolute atomic E-state index is 3.90. The minimum atomic E-state index is 0.879. The predicted molar refractivity (Wildman–Crippen MR) is 60.9 cm³/mol. The van der Waals surface area contributed by atoms with Gasteiger partial charge in [-0.1, -0.05) is 36.7 Å². The molecular weight excluding hydrogens is 157 g/mol. The van der Waals surface area contributed by atoms with E-state index in [4.69, 9.17) is 0 Å². The number of benzene rings is 1. The van der Waals surface area contributed by atoms with E-state index in [2.05, 4.69) is 50.9 Å². The van der Waals surface area contributed by atoms with E-state index in [1.807, 2.05) is 0 Å². The largest absolute Gasteiger partial charge is 0.299 e. The van der Waals surface area contributed by atoms with Crippen LogP contribution in [0.5, 0.6) is 0 Å². The lowest BCUT2D eigenvalue weighted by Gasteiger charge is -2.17. The highest BCUT2D eigenvalue weighted by Gasteiger charge is 1.99. The standard InChI is InChI=1S/C11H17BN/c1-3-13(4-2)9-10-5-7-11(12)8-6-10/h5-8H,1,3-4,9,12H2,2H3. The van der Waals surface area contributed by atoms with E-state index < -0.39 is 0 Å². The first-order valence-electron chi connectivity index (χ1n) is 4.83. The van der Waals surface area contributed by atoms with E-state index in [0.717, 1.165) is 19.6 Å². The average molecular weight is 174 g/mol. The van der Waals surface area contributed by atoms with Crippen LogP contribution in [0, 0.1) is 6.92 Å². The Hall–Kier alpha value is -0.755. The molecule has 0 aliphatic heterocycles. The lowest BCUT2D eigenvalue weighted by atomic mass is 9.95. The second-order valence-electron chi connectivity index (χ2n) is 3.35. The molecule has 1 radical (unpaired) electrons. The zero-order valence-electron chi connectivity index (χ0n) is 8.59. The van der Waals surface area contributed by atoms with Gasteiger partial charge >= 0.3 is 0 Å². The quantitative estimate of drug-likeness (QED) is 0.604. The number of nitrogens with zero attached hydrogens (tertiary/aromatic N) is 1. The molecule has 0 aliphatic rings. The summed E-state index contributed by atoms with van der Waals surface area (Å²) in [5, 5.41) is 0. The minimum Gasteiger partial charge on any atom is -0.299 e. The fourth-order valence-corrected chi connectivity index (χ4v) is 1.30. The normalized spacial score (nSPS) is 10.7. The molecule has 1 aromatic rings. The topological polar surface area (TPSA) is 3.24 Å². The van der Waals surface area contributed by atoms with E-state index in [0.29, 0.717) is 0 Å². The first-order valence-corrected chi connectivity index (χ1v) is 4.83. The van der Waals surface area contributed by atoms with Gasteiger partial charge in [0.25, 0.3) is 0 Å². The predicted octanol–water partition coefficient (Wildman–Crippen LogP) is 0.601. The smallest absolute Gasteiger partial charge is 0.139 e. The molecule has 0 aliphatic carbocycles. The lowest BCUT2D eigenvalue weighted by Crippen LogP contribution is -2.22. The summed E-state index contributed by atoms with van der Waals surface area (Å²) in [5.41, 5.74) is 2.69. The Labute approximate surface area is 82.2 Å². The summed E-state index contributed by atoms with van der Waals surface area (Å²) < 4.78 is 0. The molecule has 13 heavy (non-hydrogen) atoms. The average Bonchev–Trinajstić information content (AvgIpc) is 2.17. The van der Waals surface area contributed by atoms with Gasteiger partial charge in [0.15, 0.2) is 0 Å². The molecule has 2 heteroatoms. The van der Waals surface area contributed by atoms with Crippen LogP contribution in [0.2, 0.25) is 0 Å². The van der Waals surface area contributed by atoms with E-state index in [1.54, 1.807) is 0 Å². The first kappa shape index (κ1) is 10.3. The molecule has 0 unspecified atom stereocenters. The van der Waals surface area contributed by atoms with Crippen molar-refractivity contribution in [1.82, 2.24) is 4.90 Å². The zero-order chi connectivity index (χ0) is 9.68. The maximum Gasteiger partial charge on any atom is 0.139 e. The summed E-state index contributed by atoms with van der Waals surface area (Å²) in [5.74, 6) is 0. The summed E-state index contributed by atoms with van der Waals surface area (Å²) in [4.78, 5) is 2.31. The van der Waals surface area contributed by atoms with Gasteiger partial charge < -0.3 is 0 Å². The second kappa shape index (κ2) is 5.08. The summed E-state index contributed by atoms with van der Waals surface area (Å²) in [6.07, 6.45) is 0. The fraction of sp³-hybridized carbons (Fsp3) is 0.364. The summed E-state index contributed by atoms with van der Waals surface area (Å²) in [7, 11) is 2.11. The SMILES string of the molecule is Bc1ccc(CN(C[CH2])CC)cc1.